The van der Waals surface area contributed by atoms with Gasteiger partial charge in [-0.2, -0.15) is 0 Å². The van der Waals surface area contributed by atoms with Crippen LogP contribution in [0.2, 0.25) is 0 Å². The van der Waals surface area contributed by atoms with E-state index in [9.17, 15) is 13.2 Å². The summed E-state index contributed by atoms with van der Waals surface area (Å²) in [6.45, 7) is 0. The largest absolute Gasteiger partial charge is 0.490 e. The molecule has 8 heteroatoms. The predicted octanol–water partition coefficient (Wildman–Crippen LogP) is 2.97. The third-order valence-electron chi connectivity index (χ3n) is 3.81. The highest BCUT2D eigenvalue weighted by atomic mass is 32.2. The van der Waals surface area contributed by atoms with Crippen LogP contribution in [-0.4, -0.2) is 20.4 Å². The Morgan fingerprint density at radius 1 is 1.25 bits per heavy atom. The number of sulfonamides is 1. The van der Waals surface area contributed by atoms with Gasteiger partial charge in [-0.15, -0.1) is 11.3 Å². The molecule has 3 rings (SSSR count). The maximum absolute atomic E-state index is 12.2. The van der Waals surface area contributed by atoms with E-state index in [1.54, 1.807) is 12.1 Å². The van der Waals surface area contributed by atoms with Crippen LogP contribution in [0.25, 0.3) is 0 Å². The number of nitrogens with one attached hydrogen (secondary N) is 1. The molecule has 24 heavy (non-hydrogen) atoms. The number of ether oxygens (including phenoxy) is 1. The Hall–Kier alpha value is -1.90. The zero-order valence-corrected chi connectivity index (χ0v) is 14.5. The Morgan fingerprint density at radius 2 is 2.00 bits per heavy atom. The monoisotopic (exact) mass is 366 g/mol. The van der Waals surface area contributed by atoms with Crippen molar-refractivity contribution in [1.82, 2.24) is 0 Å². The van der Waals surface area contributed by atoms with Gasteiger partial charge in [0.25, 0.3) is 5.91 Å². The topological polar surface area (TPSA) is 98.5 Å². The first-order valence-corrected chi connectivity index (χ1v) is 10.0. The summed E-state index contributed by atoms with van der Waals surface area (Å²) in [6, 6.07) is 8.46. The zero-order chi connectivity index (χ0) is 17.2. The van der Waals surface area contributed by atoms with E-state index < -0.39 is 10.0 Å². The number of carbonyl (C=O) groups excluding carboxylic acids is 1. The highest BCUT2D eigenvalue weighted by molar-refractivity contribution is 7.91. The number of amides is 1. The van der Waals surface area contributed by atoms with Crippen LogP contribution >= 0.6 is 11.3 Å². The third kappa shape index (κ3) is 4.14. The molecule has 1 aromatic heterocycles. The van der Waals surface area contributed by atoms with Gasteiger partial charge < -0.3 is 10.1 Å². The maximum Gasteiger partial charge on any atom is 0.256 e. The van der Waals surface area contributed by atoms with Crippen molar-refractivity contribution in [2.24, 2.45) is 5.14 Å². The van der Waals surface area contributed by atoms with Crippen LogP contribution in [0.4, 0.5) is 5.69 Å². The van der Waals surface area contributed by atoms with Crippen molar-refractivity contribution < 1.29 is 17.9 Å². The summed E-state index contributed by atoms with van der Waals surface area (Å²) in [5, 5.41) is 9.26. The summed E-state index contributed by atoms with van der Waals surface area (Å²) in [5.74, 6) is 0.328. The predicted molar refractivity (Wildman–Crippen MR) is 93.0 cm³/mol. The van der Waals surface area contributed by atoms with Gasteiger partial charge in [-0.05, 0) is 43.9 Å². The van der Waals surface area contributed by atoms with Crippen LogP contribution in [-0.2, 0) is 10.0 Å². The molecule has 0 unspecified atom stereocenters. The van der Waals surface area contributed by atoms with Crippen LogP contribution in [0, 0.1) is 0 Å². The summed E-state index contributed by atoms with van der Waals surface area (Å²) in [4.78, 5) is 12.2. The maximum atomic E-state index is 12.2. The first-order chi connectivity index (χ1) is 11.4. The molecule has 128 valence electrons. The molecular weight excluding hydrogens is 348 g/mol. The summed E-state index contributed by atoms with van der Waals surface area (Å²) < 4.78 is 28.4. The zero-order valence-electron chi connectivity index (χ0n) is 12.9. The van der Waals surface area contributed by atoms with Crippen LogP contribution in [0.15, 0.2) is 39.9 Å². The Balaban J connectivity index is 1.69. The first-order valence-electron chi connectivity index (χ1n) is 7.61. The minimum Gasteiger partial charge on any atom is -0.490 e. The molecule has 1 heterocycles. The molecule has 1 fully saturated rings. The molecule has 0 bridgehead atoms. The first kappa shape index (κ1) is 16.9. The number of hydrogen-bond acceptors (Lipinski definition) is 5. The van der Waals surface area contributed by atoms with Crippen LogP contribution in [0.1, 0.15) is 36.0 Å². The highest BCUT2D eigenvalue weighted by Gasteiger charge is 2.17. The molecule has 6 nitrogen and oxygen atoms in total. The molecule has 1 amide bonds. The van der Waals surface area contributed by atoms with Crippen LogP contribution < -0.4 is 15.2 Å². The smallest absolute Gasteiger partial charge is 0.256 e. The summed E-state index contributed by atoms with van der Waals surface area (Å²) in [6.07, 6.45) is 4.73. The lowest BCUT2D eigenvalue weighted by Crippen LogP contribution is -2.13. The van der Waals surface area contributed by atoms with E-state index in [1.165, 1.54) is 24.3 Å². The van der Waals surface area contributed by atoms with Gasteiger partial charge in [-0.1, -0.05) is 6.07 Å². The summed E-state index contributed by atoms with van der Waals surface area (Å²) >= 11 is 0.921. The SMILES string of the molecule is NS(=O)(=O)c1cc(C(=O)Nc2cccc(OC3CCCC3)c2)cs1. The summed E-state index contributed by atoms with van der Waals surface area (Å²) in [7, 11) is -3.79. The fourth-order valence-electron chi connectivity index (χ4n) is 2.63. The number of primary sulfonamides is 1. The van der Waals surface area contributed by atoms with Gasteiger partial charge >= 0.3 is 0 Å². The number of carbonyl (C=O) groups is 1. The Labute approximate surface area is 144 Å². The fourth-order valence-corrected chi connectivity index (χ4v) is 4.22. The van der Waals surface area contributed by atoms with E-state index in [0.29, 0.717) is 5.69 Å². The van der Waals surface area contributed by atoms with Crippen molar-refractivity contribution >= 4 is 33.0 Å². The van der Waals surface area contributed by atoms with Gasteiger partial charge in [0, 0.05) is 17.1 Å². The normalized spacial score (nSPS) is 15.4. The molecule has 0 spiro atoms. The lowest BCUT2D eigenvalue weighted by Gasteiger charge is -2.14. The molecule has 2 aromatic rings. The molecule has 1 aliphatic carbocycles. The third-order valence-corrected chi connectivity index (χ3v) is 6.20. The average Bonchev–Trinajstić information content (AvgIpc) is 3.18. The molecule has 0 atom stereocenters. The number of thiophene rings is 1. The molecule has 3 N–H and O–H groups in total. The van der Waals surface area contributed by atoms with Crippen molar-refractivity contribution in [3.63, 3.8) is 0 Å². The van der Waals surface area contributed by atoms with E-state index in [1.807, 2.05) is 12.1 Å². The minimum atomic E-state index is -3.79. The second-order valence-corrected chi connectivity index (χ2v) is 8.41. The van der Waals surface area contributed by atoms with Crippen molar-refractivity contribution in [3.05, 3.63) is 41.3 Å². The van der Waals surface area contributed by atoms with E-state index in [-0.39, 0.29) is 21.8 Å². The van der Waals surface area contributed by atoms with E-state index in [0.717, 1.165) is 29.9 Å². The van der Waals surface area contributed by atoms with Gasteiger partial charge in [-0.3, -0.25) is 4.79 Å². The lowest BCUT2D eigenvalue weighted by atomic mass is 10.2. The highest BCUT2D eigenvalue weighted by Crippen LogP contribution is 2.26. The number of anilines is 1. The van der Waals surface area contributed by atoms with Crippen molar-refractivity contribution in [3.8, 4) is 5.75 Å². The molecule has 1 aliphatic rings. The van der Waals surface area contributed by atoms with Gasteiger partial charge in [0.1, 0.15) is 9.96 Å². The quantitative estimate of drug-likeness (QED) is 0.850. The molecule has 0 aliphatic heterocycles. The number of benzene rings is 1. The fraction of sp³-hybridized carbons (Fsp3) is 0.312. The van der Waals surface area contributed by atoms with E-state index in [4.69, 9.17) is 9.88 Å². The Kier molecular flexibility index (Phi) is 4.88. The van der Waals surface area contributed by atoms with Gasteiger partial charge in [-0.25, -0.2) is 13.6 Å². The van der Waals surface area contributed by atoms with Gasteiger partial charge in [0.2, 0.25) is 10.0 Å². The van der Waals surface area contributed by atoms with Gasteiger partial charge in [0.05, 0.1) is 11.7 Å². The molecule has 0 radical (unpaired) electrons. The second-order valence-electron chi connectivity index (χ2n) is 5.71. The van der Waals surface area contributed by atoms with E-state index in [2.05, 4.69) is 5.32 Å². The average molecular weight is 366 g/mol. The van der Waals surface area contributed by atoms with Crippen molar-refractivity contribution in [2.45, 2.75) is 36.0 Å². The van der Waals surface area contributed by atoms with E-state index >= 15 is 0 Å². The second kappa shape index (κ2) is 6.92. The standard InChI is InChI=1S/C16H18N2O4S2/c17-24(20,21)15-8-11(10-23-15)16(19)18-12-4-3-7-14(9-12)22-13-5-1-2-6-13/h3-4,7-10,13H,1-2,5-6H2,(H,18,19)(H2,17,20,21). The number of hydrogen-bond donors (Lipinski definition) is 2. The number of nitrogens with two attached hydrogens (primary N) is 1. The Morgan fingerprint density at radius 3 is 2.67 bits per heavy atom. The lowest BCUT2D eigenvalue weighted by molar-refractivity contribution is 0.102. The van der Waals surface area contributed by atoms with Crippen LogP contribution in [0.3, 0.4) is 0 Å². The van der Waals surface area contributed by atoms with Crippen LogP contribution in [0.5, 0.6) is 5.75 Å². The van der Waals surface area contributed by atoms with Gasteiger partial charge in [0.15, 0.2) is 0 Å². The Bertz CT molecular complexity index is 839. The molecule has 0 saturated heterocycles. The van der Waals surface area contributed by atoms with Crippen molar-refractivity contribution in [2.75, 3.05) is 5.32 Å². The molecule has 1 saturated carbocycles. The molecular formula is C16H18N2O4S2. The minimum absolute atomic E-state index is 0.0361. The van der Waals surface area contributed by atoms with Crippen molar-refractivity contribution in [1.29, 1.82) is 0 Å². The molecule has 1 aromatic carbocycles. The number of rotatable bonds is 5. The summed E-state index contributed by atoms with van der Waals surface area (Å²) in [5.41, 5.74) is 0.852.